The van der Waals surface area contributed by atoms with Crippen molar-refractivity contribution in [3.63, 3.8) is 0 Å². The normalized spacial score (nSPS) is 34.4. The van der Waals surface area contributed by atoms with Crippen molar-refractivity contribution in [1.82, 2.24) is 0 Å². The predicted molar refractivity (Wildman–Crippen MR) is 53.1 cm³/mol. The number of ether oxygens (including phenoxy) is 1. The Morgan fingerprint density at radius 1 is 1.44 bits per heavy atom. The molecule has 0 heterocycles. The third-order valence-electron chi connectivity index (χ3n) is 3.14. The van der Waals surface area contributed by atoms with Crippen LogP contribution in [0.1, 0.15) is 33.1 Å². The van der Waals surface area contributed by atoms with Crippen LogP contribution in [0.5, 0.6) is 0 Å². The molecule has 1 aliphatic rings. The van der Waals surface area contributed by atoms with E-state index in [-0.39, 0.29) is 18.8 Å². The Bertz CT molecular complexity index is 276. The number of rotatable bonds is 3. The molecule has 0 saturated heterocycles. The average Bonchev–Trinajstić information content (AvgIpc) is 2.16. The molecule has 0 aromatic heterocycles. The summed E-state index contributed by atoms with van der Waals surface area (Å²) in [6, 6.07) is 0. The van der Waals surface area contributed by atoms with Crippen LogP contribution in [-0.2, 0) is 14.3 Å². The lowest BCUT2D eigenvalue weighted by Gasteiger charge is -2.38. The highest BCUT2D eigenvalue weighted by Gasteiger charge is 2.38. The van der Waals surface area contributed by atoms with E-state index in [1.807, 2.05) is 6.92 Å². The molecule has 92 valence electrons. The van der Waals surface area contributed by atoms with Crippen LogP contribution in [0.4, 0.5) is 0 Å². The molecule has 0 bridgehead atoms. The summed E-state index contributed by atoms with van der Waals surface area (Å²) in [5.41, 5.74) is 0. The molecule has 4 atom stereocenters. The maximum Gasteiger partial charge on any atom is 0.302 e. The van der Waals surface area contributed by atoms with Crippen molar-refractivity contribution < 1.29 is 24.5 Å². The second-order valence-electron chi connectivity index (χ2n) is 4.27. The number of carbonyl (C=O) groups excluding carboxylic acids is 2. The minimum atomic E-state index is -1.19. The molecule has 1 N–H and O–H groups in total. The minimum Gasteiger partial charge on any atom is -0.550 e. The Hall–Kier alpha value is -1.10. The Labute approximate surface area is 94.4 Å². The van der Waals surface area contributed by atoms with Crippen LogP contribution in [0.3, 0.4) is 0 Å². The highest BCUT2D eigenvalue weighted by molar-refractivity contribution is 5.68. The van der Waals surface area contributed by atoms with Crippen molar-refractivity contribution in [2.75, 3.05) is 0 Å². The fourth-order valence-electron chi connectivity index (χ4n) is 2.34. The summed E-state index contributed by atoms with van der Waals surface area (Å²) in [6.45, 7) is 3.16. The van der Waals surface area contributed by atoms with Crippen molar-refractivity contribution in [2.45, 2.75) is 45.3 Å². The van der Waals surface area contributed by atoms with E-state index >= 15 is 0 Å². The number of aliphatic carboxylic acids is 1. The van der Waals surface area contributed by atoms with Gasteiger partial charge < -0.3 is 19.7 Å². The van der Waals surface area contributed by atoms with Gasteiger partial charge in [0.15, 0.2) is 0 Å². The van der Waals surface area contributed by atoms with Gasteiger partial charge in [-0.1, -0.05) is 6.92 Å². The van der Waals surface area contributed by atoms with Gasteiger partial charge in [-0.2, -0.15) is 0 Å². The van der Waals surface area contributed by atoms with Gasteiger partial charge in [-0.15, -0.1) is 0 Å². The lowest BCUT2D eigenvalue weighted by Crippen LogP contribution is -2.47. The second-order valence-corrected chi connectivity index (χ2v) is 4.27. The van der Waals surface area contributed by atoms with Crippen LogP contribution >= 0.6 is 0 Å². The molecule has 0 aliphatic heterocycles. The first-order valence-corrected chi connectivity index (χ1v) is 5.51. The number of hydrogen-bond acceptors (Lipinski definition) is 5. The topological polar surface area (TPSA) is 86.7 Å². The van der Waals surface area contributed by atoms with Crippen LogP contribution in [0.25, 0.3) is 0 Å². The molecule has 1 rings (SSSR count). The van der Waals surface area contributed by atoms with Crippen LogP contribution in [0.2, 0.25) is 0 Å². The number of aliphatic hydroxyl groups is 1. The number of carboxylic acid groups (broad SMARTS) is 1. The molecular weight excluding hydrogens is 212 g/mol. The molecule has 16 heavy (non-hydrogen) atoms. The molecule has 0 radical (unpaired) electrons. The van der Waals surface area contributed by atoms with Gasteiger partial charge in [0.2, 0.25) is 0 Å². The van der Waals surface area contributed by atoms with Gasteiger partial charge >= 0.3 is 5.97 Å². The van der Waals surface area contributed by atoms with E-state index in [4.69, 9.17) is 4.74 Å². The Morgan fingerprint density at radius 3 is 2.50 bits per heavy atom. The van der Waals surface area contributed by atoms with Crippen LogP contribution in [0.15, 0.2) is 0 Å². The largest absolute Gasteiger partial charge is 0.550 e. The summed E-state index contributed by atoms with van der Waals surface area (Å²) in [6.07, 6.45) is -0.199. The summed E-state index contributed by atoms with van der Waals surface area (Å²) in [7, 11) is 0. The van der Waals surface area contributed by atoms with Gasteiger partial charge in [-0.25, -0.2) is 0 Å². The predicted octanol–water partition coefficient (Wildman–Crippen LogP) is -0.535. The van der Waals surface area contributed by atoms with Gasteiger partial charge in [0.05, 0.1) is 6.10 Å². The van der Waals surface area contributed by atoms with Crippen molar-refractivity contribution in [1.29, 1.82) is 0 Å². The Morgan fingerprint density at radius 2 is 2.06 bits per heavy atom. The van der Waals surface area contributed by atoms with Gasteiger partial charge in [-0.05, 0) is 19.3 Å². The fraction of sp³-hybridized carbons (Fsp3) is 0.818. The molecule has 0 amide bonds. The zero-order valence-electron chi connectivity index (χ0n) is 9.51. The van der Waals surface area contributed by atoms with E-state index in [9.17, 15) is 19.8 Å². The van der Waals surface area contributed by atoms with Gasteiger partial charge in [-0.3, -0.25) is 4.79 Å². The monoisotopic (exact) mass is 229 g/mol. The van der Waals surface area contributed by atoms with Gasteiger partial charge in [0.25, 0.3) is 0 Å². The molecule has 5 nitrogen and oxygen atoms in total. The molecule has 0 aromatic rings. The first-order chi connectivity index (χ1) is 7.45. The smallest absolute Gasteiger partial charge is 0.302 e. The number of carbonyl (C=O) groups is 2. The van der Waals surface area contributed by atoms with Crippen molar-refractivity contribution >= 4 is 11.9 Å². The zero-order valence-corrected chi connectivity index (χ0v) is 9.51. The Kier molecular flexibility index (Phi) is 4.29. The molecule has 1 aliphatic carbocycles. The molecule has 5 heteroatoms. The van der Waals surface area contributed by atoms with Crippen molar-refractivity contribution in [2.24, 2.45) is 11.8 Å². The fourth-order valence-corrected chi connectivity index (χ4v) is 2.34. The number of hydrogen-bond donors (Lipinski definition) is 1. The maximum absolute atomic E-state index is 10.9. The molecule has 1 fully saturated rings. The molecular formula is C11H17O5-. The van der Waals surface area contributed by atoms with Gasteiger partial charge in [0.1, 0.15) is 6.10 Å². The van der Waals surface area contributed by atoms with E-state index in [0.29, 0.717) is 6.42 Å². The molecule has 4 unspecified atom stereocenters. The summed E-state index contributed by atoms with van der Waals surface area (Å²) in [5, 5.41) is 20.6. The lowest BCUT2D eigenvalue weighted by atomic mass is 9.76. The lowest BCUT2D eigenvalue weighted by molar-refractivity contribution is -0.314. The molecule has 0 spiro atoms. The standard InChI is InChI=1S/C11H18O5/c1-3-8-9(13)4-7(11(14)15)5-10(8)16-6(2)12/h7-10,13H,3-5H2,1-2H3,(H,14,15)/p-1. The number of aliphatic hydroxyl groups excluding tert-OH is 1. The average molecular weight is 229 g/mol. The highest BCUT2D eigenvalue weighted by Crippen LogP contribution is 2.33. The first-order valence-electron chi connectivity index (χ1n) is 5.51. The summed E-state index contributed by atoms with van der Waals surface area (Å²) < 4.78 is 5.06. The zero-order chi connectivity index (χ0) is 12.3. The van der Waals surface area contributed by atoms with E-state index in [2.05, 4.69) is 0 Å². The van der Waals surface area contributed by atoms with Crippen molar-refractivity contribution in [3.8, 4) is 0 Å². The SMILES string of the molecule is CCC1C(O)CC(C(=O)[O-])CC1OC(C)=O. The molecule has 1 saturated carbocycles. The first kappa shape index (κ1) is 13.0. The van der Waals surface area contributed by atoms with E-state index in [1.165, 1.54) is 6.92 Å². The third-order valence-corrected chi connectivity index (χ3v) is 3.14. The second kappa shape index (κ2) is 5.30. The summed E-state index contributed by atoms with van der Waals surface area (Å²) >= 11 is 0. The Balaban J connectivity index is 2.74. The maximum atomic E-state index is 10.9. The van der Waals surface area contributed by atoms with E-state index in [0.717, 1.165) is 0 Å². The quantitative estimate of drug-likeness (QED) is 0.657. The number of esters is 1. The minimum absolute atomic E-state index is 0.179. The van der Waals surface area contributed by atoms with Gasteiger partial charge in [0, 0.05) is 24.7 Å². The van der Waals surface area contributed by atoms with Crippen LogP contribution in [-0.4, -0.2) is 29.3 Å². The summed E-state index contributed by atoms with van der Waals surface area (Å²) in [4.78, 5) is 21.7. The van der Waals surface area contributed by atoms with Crippen molar-refractivity contribution in [3.05, 3.63) is 0 Å². The highest BCUT2D eigenvalue weighted by atomic mass is 16.5. The van der Waals surface area contributed by atoms with E-state index in [1.54, 1.807) is 0 Å². The third kappa shape index (κ3) is 2.95. The van der Waals surface area contributed by atoms with Crippen LogP contribution in [0, 0.1) is 11.8 Å². The van der Waals surface area contributed by atoms with E-state index < -0.39 is 30.1 Å². The van der Waals surface area contributed by atoms with Crippen LogP contribution < -0.4 is 5.11 Å². The number of carboxylic acids is 1. The molecule has 0 aromatic carbocycles. The summed E-state index contributed by atoms with van der Waals surface area (Å²) in [5.74, 6) is -2.55.